The summed E-state index contributed by atoms with van der Waals surface area (Å²) in [7, 11) is 0. The van der Waals surface area contributed by atoms with Crippen molar-refractivity contribution < 1.29 is 18.9 Å². The van der Waals surface area contributed by atoms with E-state index in [2.05, 4.69) is 104 Å². The van der Waals surface area contributed by atoms with Crippen LogP contribution in [0.1, 0.15) is 489 Å². The Morgan fingerprint density at radius 2 is 0.391 bits per heavy atom. The predicted molar refractivity (Wildman–Crippen MR) is 483 cm³/mol. The predicted octanol–water partition coefficient (Wildman–Crippen LogP) is 34.9. The zero-order valence-electron chi connectivity index (χ0n) is 73.8. The van der Waals surface area contributed by atoms with Gasteiger partial charge in [-0.05, 0) is 123 Å². The number of benzene rings is 3. The molecule has 6 nitrogen and oxygen atoms in total. The Balaban J connectivity index is 2.17. The van der Waals surface area contributed by atoms with Crippen molar-refractivity contribution in [3.63, 3.8) is 0 Å². The van der Waals surface area contributed by atoms with Crippen molar-refractivity contribution in [3.8, 4) is 35.1 Å². The van der Waals surface area contributed by atoms with Gasteiger partial charge in [0.1, 0.15) is 23.0 Å². The molecule has 626 valence electrons. The fourth-order valence-corrected chi connectivity index (χ4v) is 16.5. The Labute approximate surface area is 683 Å². The molecule has 0 saturated carbocycles. The van der Waals surface area contributed by atoms with Gasteiger partial charge < -0.3 is 18.9 Å². The average molecular weight is 1520 g/mol. The number of hydrogen-bond acceptors (Lipinski definition) is 6. The summed E-state index contributed by atoms with van der Waals surface area (Å²) in [5.41, 5.74) is 4.40. The monoisotopic (exact) mass is 1520 g/mol. The maximum Gasteiger partial charge on any atom is 0.130 e. The molecule has 0 amide bonds. The van der Waals surface area contributed by atoms with Crippen LogP contribution in [0.4, 0.5) is 0 Å². The van der Waals surface area contributed by atoms with Crippen LogP contribution >= 0.6 is 0 Å². The van der Waals surface area contributed by atoms with Crippen molar-refractivity contribution in [2.45, 2.75) is 466 Å². The van der Waals surface area contributed by atoms with Gasteiger partial charge in [-0.2, -0.15) is 10.5 Å². The number of hydrogen-bond donors (Lipinski definition) is 0. The first-order valence-electron chi connectivity index (χ1n) is 48.4. The second-order valence-corrected chi connectivity index (χ2v) is 34.2. The molecule has 4 unspecified atom stereocenters. The molecule has 3 aromatic rings. The first-order chi connectivity index (χ1) is 54.3. The maximum atomic E-state index is 11.4. The smallest absolute Gasteiger partial charge is 0.130 e. The summed E-state index contributed by atoms with van der Waals surface area (Å²) < 4.78 is 28.5. The quantitative estimate of drug-likeness (QED) is 0.0318. The van der Waals surface area contributed by atoms with Crippen LogP contribution in [-0.4, -0.2) is 26.4 Å². The molecule has 0 radical (unpaired) electrons. The molecular weight excluding hydrogens is 1340 g/mol. The lowest BCUT2D eigenvalue weighted by Gasteiger charge is -2.22. The Morgan fingerprint density at radius 1 is 0.236 bits per heavy atom. The minimum absolute atomic E-state index is 0.468. The van der Waals surface area contributed by atoms with E-state index in [0.717, 1.165) is 45.3 Å². The summed E-state index contributed by atoms with van der Waals surface area (Å²) in [4.78, 5) is 0. The lowest BCUT2D eigenvalue weighted by molar-refractivity contribution is 0.213. The second-order valence-electron chi connectivity index (χ2n) is 34.2. The van der Waals surface area contributed by atoms with E-state index in [0.29, 0.717) is 61.2 Å². The van der Waals surface area contributed by atoms with Crippen molar-refractivity contribution in [3.05, 3.63) is 82.9 Å². The molecule has 110 heavy (non-hydrogen) atoms. The molecular formula is C104H176N2O4. The minimum atomic E-state index is 0.468. The highest BCUT2D eigenvalue weighted by Crippen LogP contribution is 2.38. The first-order valence-corrected chi connectivity index (χ1v) is 48.4. The van der Waals surface area contributed by atoms with E-state index in [4.69, 9.17) is 18.9 Å². The van der Waals surface area contributed by atoms with Gasteiger partial charge >= 0.3 is 0 Å². The summed E-state index contributed by atoms with van der Waals surface area (Å²) in [5.74, 6) is 5.05. The standard InChI is InChI=1S/C104H176N2O4/c1-9-17-25-33-41-45-53-61-71-91(67-57-49-37-29-21-13-5)87-107-101-75-65-76-102(108-88-92(68-58-50-38-30-22-14-6)72-62-54-46-42-34-26-18-10-2)99(101)83-97(85-105)95-79-81-96(82-80-95)98(86-106)84-100-103(109-89-93(69-59-51-39-31-23-15-7)73-63-55-47-43-35-27-19-11-3)77-66-78-104(100)110-90-94(70-60-52-40-32-24-16-8)74-64-56-48-44-36-28-20-12-4/h65-66,75-84,91-94H,9-64,67-74,87-90H2,1-8H3/b97-83+,98-84+. The highest BCUT2D eigenvalue weighted by Gasteiger charge is 2.21. The van der Waals surface area contributed by atoms with E-state index in [-0.39, 0.29) is 0 Å². The number of rotatable bonds is 80. The molecule has 3 rings (SSSR count). The summed E-state index contributed by atoms with van der Waals surface area (Å²) >= 11 is 0. The lowest BCUT2D eigenvalue weighted by Crippen LogP contribution is -2.15. The molecule has 3 aromatic carbocycles. The Kier molecular flexibility index (Phi) is 66.2. The van der Waals surface area contributed by atoms with E-state index in [9.17, 15) is 10.5 Å². The molecule has 0 aliphatic carbocycles. The zero-order valence-corrected chi connectivity index (χ0v) is 73.8. The third kappa shape index (κ3) is 51.2. The van der Waals surface area contributed by atoms with Crippen molar-refractivity contribution in [1.29, 1.82) is 10.5 Å². The zero-order chi connectivity index (χ0) is 78.9. The van der Waals surface area contributed by atoms with Crippen LogP contribution in [0.2, 0.25) is 0 Å². The van der Waals surface area contributed by atoms with Crippen LogP contribution in [0.3, 0.4) is 0 Å². The Morgan fingerprint density at radius 3 is 0.545 bits per heavy atom. The van der Waals surface area contributed by atoms with Crippen molar-refractivity contribution >= 4 is 23.3 Å². The molecule has 0 aliphatic heterocycles. The van der Waals surface area contributed by atoms with Gasteiger partial charge in [-0.1, -0.05) is 451 Å². The molecule has 0 N–H and O–H groups in total. The minimum Gasteiger partial charge on any atom is -0.493 e. The van der Waals surface area contributed by atoms with Gasteiger partial charge in [0.25, 0.3) is 0 Å². The largest absolute Gasteiger partial charge is 0.493 e. The van der Waals surface area contributed by atoms with Crippen LogP contribution < -0.4 is 18.9 Å². The fraction of sp³-hybridized carbons (Fsp3) is 0.769. The maximum absolute atomic E-state index is 11.4. The highest BCUT2D eigenvalue weighted by molar-refractivity contribution is 5.94. The molecule has 0 fully saturated rings. The summed E-state index contributed by atoms with van der Waals surface area (Å²) in [6.45, 7) is 21.1. The summed E-state index contributed by atoms with van der Waals surface area (Å²) in [6.07, 6.45) is 87.0. The molecule has 4 atom stereocenters. The molecule has 0 bridgehead atoms. The number of nitriles is 2. The van der Waals surface area contributed by atoms with E-state index in [1.54, 1.807) is 0 Å². The first kappa shape index (κ1) is 99.5. The van der Waals surface area contributed by atoms with Gasteiger partial charge in [-0.25, -0.2) is 0 Å². The fourth-order valence-electron chi connectivity index (χ4n) is 16.5. The molecule has 6 heteroatoms. The van der Waals surface area contributed by atoms with Crippen LogP contribution in [-0.2, 0) is 0 Å². The van der Waals surface area contributed by atoms with Crippen LogP contribution in [0.15, 0.2) is 60.7 Å². The van der Waals surface area contributed by atoms with Gasteiger partial charge in [0.2, 0.25) is 0 Å². The Bertz CT molecular complexity index is 2390. The molecule has 0 spiro atoms. The van der Waals surface area contributed by atoms with Gasteiger partial charge in [-0.15, -0.1) is 0 Å². The normalized spacial score (nSPS) is 13.0. The highest BCUT2D eigenvalue weighted by atomic mass is 16.5. The van der Waals surface area contributed by atoms with Crippen molar-refractivity contribution in [1.82, 2.24) is 0 Å². The van der Waals surface area contributed by atoms with Gasteiger partial charge in [0.15, 0.2) is 0 Å². The third-order valence-electron chi connectivity index (χ3n) is 24.0. The van der Waals surface area contributed by atoms with Gasteiger partial charge in [0, 0.05) is 0 Å². The van der Waals surface area contributed by atoms with E-state index in [1.807, 2.05) is 36.4 Å². The van der Waals surface area contributed by atoms with Gasteiger partial charge in [0.05, 0.1) is 60.8 Å². The van der Waals surface area contributed by atoms with Crippen LogP contribution in [0.25, 0.3) is 23.3 Å². The topological polar surface area (TPSA) is 84.5 Å². The lowest BCUT2D eigenvalue weighted by atomic mass is 9.94. The number of nitrogens with zero attached hydrogens (tertiary/aromatic N) is 2. The number of allylic oxidation sites excluding steroid dienone is 2. The van der Waals surface area contributed by atoms with Gasteiger partial charge in [-0.3, -0.25) is 0 Å². The van der Waals surface area contributed by atoms with Crippen LogP contribution in [0, 0.1) is 46.3 Å². The molecule has 0 saturated heterocycles. The van der Waals surface area contributed by atoms with Crippen molar-refractivity contribution in [2.75, 3.05) is 26.4 Å². The second kappa shape index (κ2) is 73.2. The average Bonchev–Trinajstić information content (AvgIpc) is 0.821. The molecule has 0 heterocycles. The van der Waals surface area contributed by atoms with E-state index < -0.39 is 0 Å². The van der Waals surface area contributed by atoms with Crippen LogP contribution in [0.5, 0.6) is 23.0 Å². The Hall–Kier alpha value is -4.68. The number of unbranched alkanes of at least 4 members (excludes halogenated alkanes) is 48. The number of ether oxygens (including phenoxy) is 4. The summed E-state index contributed by atoms with van der Waals surface area (Å²) in [5, 5.41) is 22.8. The van der Waals surface area contributed by atoms with Crippen molar-refractivity contribution in [2.24, 2.45) is 23.7 Å². The molecule has 0 aromatic heterocycles. The van der Waals surface area contributed by atoms with E-state index >= 15 is 0 Å². The van der Waals surface area contributed by atoms with E-state index in [1.165, 1.54) is 411 Å². The third-order valence-corrected chi connectivity index (χ3v) is 24.0. The molecule has 0 aliphatic rings. The SMILES string of the molecule is CCCCCCCCCCC(CCCCCCCC)COc1cccc(OCC(CCCCCCCC)CCCCCCCCCC)c1/C=C(\C#N)c1ccc(/C(C#N)=C/c2c(OCC(CCCCCCCC)CCCCCCCCCC)cccc2OCC(CCCCCCCC)CCCCCCCCCC)cc1. The summed E-state index contributed by atoms with van der Waals surface area (Å²) in [6, 6.07) is 26.2.